The van der Waals surface area contributed by atoms with E-state index in [-0.39, 0.29) is 5.78 Å². The molecule has 2 atom stereocenters. The molecule has 1 rings (SSSR count). The van der Waals surface area contributed by atoms with Crippen molar-refractivity contribution in [3.8, 4) is 5.75 Å². The quantitative estimate of drug-likeness (QED) is 0.487. The molecule has 0 aliphatic rings. The van der Waals surface area contributed by atoms with Gasteiger partial charge in [-0.15, -0.1) is 0 Å². The van der Waals surface area contributed by atoms with E-state index in [2.05, 4.69) is 29.8 Å². The molecule has 0 saturated carbocycles. The first kappa shape index (κ1) is 18.2. The van der Waals surface area contributed by atoms with Crippen LogP contribution < -0.4 is 4.74 Å². The Morgan fingerprint density at radius 2 is 1.81 bits per heavy atom. The molecule has 0 bridgehead atoms. The lowest BCUT2D eigenvalue weighted by Crippen LogP contribution is -2.25. The number of carbonyl (C=O) groups is 1. The third-order valence-electron chi connectivity index (χ3n) is 3.34. The maximum atomic E-state index is 11.9. The second-order valence-electron chi connectivity index (χ2n) is 5.23. The fourth-order valence-corrected chi connectivity index (χ4v) is 2.43. The largest absolute Gasteiger partial charge is 0.477 e. The normalized spacial score (nSPS) is 13.7. The van der Waals surface area contributed by atoms with Crippen LogP contribution in [0.2, 0.25) is 0 Å². The summed E-state index contributed by atoms with van der Waals surface area (Å²) in [6.45, 7) is 4.16. The minimum Gasteiger partial charge on any atom is -0.477 e. The number of benzene rings is 1. The molecular weight excluding hydrogens is 332 g/mol. The van der Waals surface area contributed by atoms with Gasteiger partial charge in [-0.2, -0.15) is 0 Å². The van der Waals surface area contributed by atoms with Crippen molar-refractivity contribution in [2.75, 3.05) is 0 Å². The summed E-state index contributed by atoms with van der Waals surface area (Å²) in [4.78, 5) is 11.9. The van der Waals surface area contributed by atoms with Crippen LogP contribution in [-0.4, -0.2) is 22.0 Å². The van der Waals surface area contributed by atoms with E-state index in [4.69, 9.17) is 4.74 Å². The number of rotatable bonds is 10. The summed E-state index contributed by atoms with van der Waals surface area (Å²) in [7, 11) is 0. The molecule has 0 fully saturated rings. The predicted molar refractivity (Wildman–Crippen MR) is 89.2 cm³/mol. The first-order valence-electron chi connectivity index (χ1n) is 7.70. The van der Waals surface area contributed by atoms with Crippen molar-refractivity contribution in [2.45, 2.75) is 63.5 Å². The summed E-state index contributed by atoms with van der Waals surface area (Å²) in [6, 6.07) is 7.12. The van der Waals surface area contributed by atoms with Crippen LogP contribution in [0, 0.1) is 0 Å². The van der Waals surface area contributed by atoms with Crippen LogP contribution in [0.25, 0.3) is 0 Å². The van der Waals surface area contributed by atoms with E-state index in [9.17, 15) is 9.90 Å². The van der Waals surface area contributed by atoms with Gasteiger partial charge in [-0.3, -0.25) is 4.79 Å². The SMILES string of the molecule is CCCCC(=O)c1ccc(OC(Br)C(O)CCCC)cc1. The number of unbranched alkanes of at least 4 members (excludes halogenated alkanes) is 2. The van der Waals surface area contributed by atoms with Crippen LogP contribution in [0.5, 0.6) is 5.75 Å². The first-order valence-corrected chi connectivity index (χ1v) is 8.62. The number of aliphatic hydroxyl groups excluding tert-OH is 1. The molecule has 0 aromatic heterocycles. The Kier molecular flexibility index (Phi) is 8.62. The smallest absolute Gasteiger partial charge is 0.178 e. The van der Waals surface area contributed by atoms with Crippen LogP contribution in [0.4, 0.5) is 0 Å². The van der Waals surface area contributed by atoms with Crippen molar-refractivity contribution in [3.05, 3.63) is 29.8 Å². The zero-order chi connectivity index (χ0) is 15.7. The van der Waals surface area contributed by atoms with Crippen molar-refractivity contribution in [1.29, 1.82) is 0 Å². The van der Waals surface area contributed by atoms with Gasteiger partial charge in [0.15, 0.2) is 10.8 Å². The van der Waals surface area contributed by atoms with Gasteiger partial charge < -0.3 is 9.84 Å². The second kappa shape index (κ2) is 9.96. The monoisotopic (exact) mass is 356 g/mol. The van der Waals surface area contributed by atoms with E-state index in [0.717, 1.165) is 25.7 Å². The zero-order valence-corrected chi connectivity index (χ0v) is 14.4. The minimum absolute atomic E-state index is 0.168. The molecule has 0 amide bonds. The molecule has 21 heavy (non-hydrogen) atoms. The Balaban J connectivity index is 2.52. The van der Waals surface area contributed by atoms with Crippen molar-refractivity contribution in [2.24, 2.45) is 0 Å². The number of hydrogen-bond donors (Lipinski definition) is 1. The minimum atomic E-state index is -0.532. The Hall–Kier alpha value is -0.870. The van der Waals surface area contributed by atoms with Gasteiger partial charge in [0.05, 0.1) is 0 Å². The van der Waals surface area contributed by atoms with Gasteiger partial charge in [0.25, 0.3) is 0 Å². The van der Waals surface area contributed by atoms with Crippen LogP contribution in [-0.2, 0) is 0 Å². The molecule has 4 heteroatoms. The standard InChI is InChI=1S/C17H25BrO3/c1-3-5-7-15(19)13-9-11-14(12-10-13)21-17(18)16(20)8-6-4-2/h9-12,16-17,20H,3-8H2,1-2H3. The second-order valence-corrected chi connectivity index (χ2v) is 6.13. The highest BCUT2D eigenvalue weighted by Crippen LogP contribution is 2.20. The molecule has 0 aliphatic heterocycles. The number of carbonyl (C=O) groups excluding carboxylic acids is 1. The van der Waals surface area contributed by atoms with Crippen LogP contribution in [0.1, 0.15) is 62.7 Å². The lowest BCUT2D eigenvalue weighted by Gasteiger charge is -2.18. The van der Waals surface area contributed by atoms with E-state index < -0.39 is 11.1 Å². The van der Waals surface area contributed by atoms with Gasteiger partial charge in [0, 0.05) is 12.0 Å². The molecule has 3 nitrogen and oxygen atoms in total. The number of halogens is 1. The molecule has 1 N–H and O–H groups in total. The summed E-state index contributed by atoms with van der Waals surface area (Å²) in [5.41, 5.74) is 0.716. The van der Waals surface area contributed by atoms with Gasteiger partial charge in [-0.05, 0) is 53.0 Å². The van der Waals surface area contributed by atoms with E-state index >= 15 is 0 Å². The van der Waals surface area contributed by atoms with Crippen molar-refractivity contribution >= 4 is 21.7 Å². The molecule has 0 heterocycles. The van der Waals surface area contributed by atoms with Crippen LogP contribution in [0.3, 0.4) is 0 Å². The molecule has 2 unspecified atom stereocenters. The van der Waals surface area contributed by atoms with Gasteiger partial charge in [0.1, 0.15) is 11.9 Å². The number of aliphatic hydroxyl groups is 1. The van der Waals surface area contributed by atoms with Crippen LogP contribution >= 0.6 is 15.9 Å². The molecule has 0 spiro atoms. The average molecular weight is 357 g/mol. The fraction of sp³-hybridized carbons (Fsp3) is 0.588. The molecule has 0 saturated heterocycles. The number of Topliss-reactive ketones (excluding diaryl/α,β-unsaturated/α-hetero) is 1. The molecule has 118 valence electrons. The zero-order valence-electron chi connectivity index (χ0n) is 12.8. The van der Waals surface area contributed by atoms with Crippen molar-refractivity contribution in [1.82, 2.24) is 0 Å². The Morgan fingerprint density at radius 1 is 1.19 bits per heavy atom. The summed E-state index contributed by atoms with van der Waals surface area (Å²) >= 11 is 3.35. The van der Waals surface area contributed by atoms with Crippen molar-refractivity contribution < 1.29 is 14.6 Å². The molecule has 0 aliphatic carbocycles. The Labute approximate surface area is 135 Å². The third kappa shape index (κ3) is 6.62. The first-order chi connectivity index (χ1) is 10.1. The van der Waals surface area contributed by atoms with Gasteiger partial charge in [0.2, 0.25) is 0 Å². The number of ketones is 1. The molecular formula is C17H25BrO3. The maximum absolute atomic E-state index is 11.9. The molecule has 0 radical (unpaired) electrons. The molecule has 1 aromatic rings. The van der Waals surface area contributed by atoms with E-state index in [1.165, 1.54) is 0 Å². The predicted octanol–water partition coefficient (Wildman–Crippen LogP) is 4.71. The number of hydrogen-bond acceptors (Lipinski definition) is 3. The number of alkyl halides is 1. The van der Waals surface area contributed by atoms with E-state index in [0.29, 0.717) is 24.2 Å². The summed E-state index contributed by atoms with van der Waals surface area (Å²) < 4.78 is 5.64. The van der Waals surface area contributed by atoms with Gasteiger partial charge in [-0.1, -0.05) is 33.1 Å². The van der Waals surface area contributed by atoms with E-state index in [1.807, 2.05) is 0 Å². The highest BCUT2D eigenvalue weighted by atomic mass is 79.9. The lowest BCUT2D eigenvalue weighted by atomic mass is 10.1. The fourth-order valence-electron chi connectivity index (χ4n) is 1.95. The van der Waals surface area contributed by atoms with E-state index in [1.54, 1.807) is 24.3 Å². The number of ether oxygens (including phenoxy) is 1. The summed E-state index contributed by atoms with van der Waals surface area (Å²) in [5.74, 6) is 0.821. The van der Waals surface area contributed by atoms with Crippen LogP contribution in [0.15, 0.2) is 24.3 Å². The van der Waals surface area contributed by atoms with Gasteiger partial charge >= 0.3 is 0 Å². The topological polar surface area (TPSA) is 46.5 Å². The summed E-state index contributed by atoms with van der Waals surface area (Å²) in [6.07, 6.45) is 4.73. The average Bonchev–Trinajstić information content (AvgIpc) is 2.50. The summed E-state index contributed by atoms with van der Waals surface area (Å²) in [5, 5.41) is 9.50. The highest BCUT2D eigenvalue weighted by molar-refractivity contribution is 9.09. The van der Waals surface area contributed by atoms with Gasteiger partial charge in [-0.25, -0.2) is 0 Å². The molecule has 1 aromatic carbocycles. The van der Waals surface area contributed by atoms with Crippen molar-refractivity contribution in [3.63, 3.8) is 0 Å². The third-order valence-corrected chi connectivity index (χ3v) is 4.14. The maximum Gasteiger partial charge on any atom is 0.178 e. The Bertz CT molecular complexity index is 417. The Morgan fingerprint density at radius 3 is 2.38 bits per heavy atom. The lowest BCUT2D eigenvalue weighted by molar-refractivity contribution is 0.0820. The highest BCUT2D eigenvalue weighted by Gasteiger charge is 2.17.